The molecule has 2 fully saturated rings. The molecular weight excluding hydrogens is 475 g/mol. The summed E-state index contributed by atoms with van der Waals surface area (Å²) < 4.78 is 39.8. The minimum absolute atomic E-state index is 0.0501. The Morgan fingerprint density at radius 2 is 1.74 bits per heavy atom. The number of piperazine rings is 2. The first-order valence-electron chi connectivity index (χ1n) is 11.7. The van der Waals surface area contributed by atoms with Crippen molar-refractivity contribution in [1.82, 2.24) is 14.7 Å². The Bertz CT molecular complexity index is 1250. The van der Waals surface area contributed by atoms with E-state index in [1.807, 2.05) is 12.1 Å². The number of halogens is 3. The maximum absolute atomic E-state index is 13.3. The third kappa shape index (κ3) is 4.67. The second-order valence-corrected chi connectivity index (χ2v) is 10.2. The van der Waals surface area contributed by atoms with E-state index < -0.39 is 17.8 Å². The van der Waals surface area contributed by atoms with Crippen LogP contribution in [-0.2, 0) is 35.3 Å². The Morgan fingerprint density at radius 3 is 2.46 bits per heavy atom. The number of alkyl halides is 3. The summed E-state index contributed by atoms with van der Waals surface area (Å²) in [6, 6.07) is 12.5. The van der Waals surface area contributed by atoms with Gasteiger partial charge in [-0.1, -0.05) is 37.3 Å². The Kier molecular flexibility index (Phi) is 6.31. The van der Waals surface area contributed by atoms with Gasteiger partial charge in [-0.25, -0.2) is 0 Å². The molecule has 1 unspecified atom stereocenters. The molecule has 2 aromatic carbocycles. The lowest BCUT2D eigenvalue weighted by atomic mass is 10.0. The van der Waals surface area contributed by atoms with Crippen LogP contribution in [0.15, 0.2) is 48.5 Å². The average molecular weight is 502 g/mol. The number of aryl methyl sites for hydroxylation is 1. The fourth-order valence-electron chi connectivity index (χ4n) is 5.02. The lowest BCUT2D eigenvalue weighted by Crippen LogP contribution is -2.66. The monoisotopic (exact) mass is 501 g/mol. The van der Waals surface area contributed by atoms with Gasteiger partial charge in [0.05, 0.1) is 5.56 Å². The molecular formula is C26H26F3N3O2S. The zero-order valence-electron chi connectivity index (χ0n) is 19.3. The summed E-state index contributed by atoms with van der Waals surface area (Å²) in [5.41, 5.74) is 1.12. The number of rotatable bonds is 5. The third-order valence-electron chi connectivity index (χ3n) is 6.85. The van der Waals surface area contributed by atoms with Crippen molar-refractivity contribution in [3.8, 4) is 0 Å². The van der Waals surface area contributed by atoms with Gasteiger partial charge in [-0.15, -0.1) is 11.3 Å². The van der Waals surface area contributed by atoms with Gasteiger partial charge in [0, 0.05) is 42.3 Å². The molecule has 1 atom stereocenters. The van der Waals surface area contributed by atoms with Crippen LogP contribution in [0.3, 0.4) is 0 Å². The van der Waals surface area contributed by atoms with E-state index >= 15 is 0 Å². The summed E-state index contributed by atoms with van der Waals surface area (Å²) >= 11 is 1.80. The summed E-state index contributed by atoms with van der Waals surface area (Å²) in [4.78, 5) is 32.9. The topological polar surface area (TPSA) is 43.9 Å². The van der Waals surface area contributed by atoms with Crippen LogP contribution in [0.2, 0.25) is 0 Å². The SMILES string of the molecule is CCc1sc2ccccc2c1CN1CCN2C(=O)CN(Cc3ccc(C(F)(F)F)cc3)C(=O)C2C1. The third-order valence-corrected chi connectivity index (χ3v) is 8.20. The number of fused-ring (bicyclic) bond motifs is 2. The molecule has 0 radical (unpaired) electrons. The fourth-order valence-corrected chi connectivity index (χ4v) is 6.18. The van der Waals surface area contributed by atoms with E-state index in [0.29, 0.717) is 25.2 Å². The van der Waals surface area contributed by atoms with Gasteiger partial charge < -0.3 is 9.80 Å². The molecule has 3 heterocycles. The summed E-state index contributed by atoms with van der Waals surface area (Å²) in [6.45, 7) is 4.57. The Morgan fingerprint density at radius 1 is 1.00 bits per heavy atom. The summed E-state index contributed by atoms with van der Waals surface area (Å²) in [5, 5.41) is 1.24. The molecule has 2 amide bonds. The van der Waals surface area contributed by atoms with Crippen molar-refractivity contribution in [3.05, 3.63) is 70.1 Å². The highest BCUT2D eigenvalue weighted by Gasteiger charge is 2.42. The van der Waals surface area contributed by atoms with Crippen molar-refractivity contribution >= 4 is 33.2 Å². The molecule has 0 aliphatic carbocycles. The van der Waals surface area contributed by atoms with Crippen LogP contribution >= 0.6 is 11.3 Å². The smallest absolute Gasteiger partial charge is 0.327 e. The maximum atomic E-state index is 13.3. The number of hydrogen-bond donors (Lipinski definition) is 0. The number of carbonyl (C=O) groups is 2. The molecule has 1 aromatic heterocycles. The van der Waals surface area contributed by atoms with Crippen LogP contribution in [0.5, 0.6) is 0 Å². The fraction of sp³-hybridized carbons (Fsp3) is 0.385. The highest BCUT2D eigenvalue weighted by molar-refractivity contribution is 7.19. The number of carbonyl (C=O) groups excluding carboxylic acids is 2. The van der Waals surface area contributed by atoms with Gasteiger partial charge >= 0.3 is 6.18 Å². The Hall–Kier alpha value is -2.91. The molecule has 9 heteroatoms. The molecule has 2 aliphatic heterocycles. The first kappa shape index (κ1) is 23.8. The van der Waals surface area contributed by atoms with Crippen molar-refractivity contribution in [2.45, 2.75) is 38.7 Å². The molecule has 2 aliphatic rings. The van der Waals surface area contributed by atoms with Crippen LogP contribution < -0.4 is 0 Å². The number of nitrogens with zero attached hydrogens (tertiary/aromatic N) is 3. The predicted molar refractivity (Wildman–Crippen MR) is 129 cm³/mol. The Balaban J connectivity index is 1.31. The minimum Gasteiger partial charge on any atom is -0.327 e. The van der Waals surface area contributed by atoms with Crippen molar-refractivity contribution in [3.63, 3.8) is 0 Å². The van der Waals surface area contributed by atoms with E-state index in [4.69, 9.17) is 0 Å². The Labute approximate surface area is 205 Å². The zero-order valence-corrected chi connectivity index (χ0v) is 20.2. The van der Waals surface area contributed by atoms with Gasteiger partial charge in [0.15, 0.2) is 0 Å². The van der Waals surface area contributed by atoms with Crippen molar-refractivity contribution in [2.24, 2.45) is 0 Å². The van der Waals surface area contributed by atoms with Crippen LogP contribution in [0.25, 0.3) is 10.1 Å². The van der Waals surface area contributed by atoms with Crippen LogP contribution in [0, 0.1) is 0 Å². The molecule has 0 N–H and O–H groups in total. The van der Waals surface area contributed by atoms with E-state index in [9.17, 15) is 22.8 Å². The number of hydrogen-bond acceptors (Lipinski definition) is 4. The molecule has 3 aromatic rings. The van der Waals surface area contributed by atoms with E-state index in [2.05, 4.69) is 24.0 Å². The summed E-state index contributed by atoms with van der Waals surface area (Å²) in [6.07, 6.45) is -3.47. The molecule has 5 rings (SSSR count). The first-order valence-corrected chi connectivity index (χ1v) is 12.5. The molecule has 5 nitrogen and oxygen atoms in total. The predicted octanol–water partition coefficient (Wildman–Crippen LogP) is 4.54. The average Bonchev–Trinajstić information content (AvgIpc) is 3.19. The van der Waals surface area contributed by atoms with Crippen LogP contribution in [0.4, 0.5) is 13.2 Å². The number of thiophene rings is 1. The molecule has 2 saturated heterocycles. The normalized spacial score (nSPS) is 19.5. The number of amides is 2. The van der Waals surface area contributed by atoms with Gasteiger partial charge in [-0.3, -0.25) is 14.5 Å². The van der Waals surface area contributed by atoms with E-state index in [1.54, 1.807) is 16.2 Å². The molecule has 184 valence electrons. The van der Waals surface area contributed by atoms with Gasteiger partial charge in [0.1, 0.15) is 12.6 Å². The summed E-state index contributed by atoms with van der Waals surface area (Å²) in [5.74, 6) is -0.267. The first-order chi connectivity index (χ1) is 16.7. The largest absolute Gasteiger partial charge is 0.416 e. The van der Waals surface area contributed by atoms with E-state index in [0.717, 1.165) is 25.1 Å². The minimum atomic E-state index is -4.41. The lowest BCUT2D eigenvalue weighted by molar-refractivity contribution is -0.160. The van der Waals surface area contributed by atoms with Gasteiger partial charge in [-0.05, 0) is 41.1 Å². The van der Waals surface area contributed by atoms with E-state index in [-0.39, 0.29) is 24.9 Å². The van der Waals surface area contributed by atoms with Gasteiger partial charge in [0.25, 0.3) is 0 Å². The maximum Gasteiger partial charge on any atom is 0.416 e. The number of benzene rings is 2. The standard InChI is InChI=1S/C26H26F3N3O2S/c1-2-22-20(19-5-3-4-6-23(19)35-22)14-30-11-12-32-21(15-30)25(34)31(16-24(32)33)13-17-7-9-18(10-8-17)26(27,28)29/h3-10,21H,2,11-16H2,1H3. The zero-order chi connectivity index (χ0) is 24.7. The van der Waals surface area contributed by atoms with Gasteiger partial charge in [-0.2, -0.15) is 13.2 Å². The lowest BCUT2D eigenvalue weighted by Gasteiger charge is -2.46. The van der Waals surface area contributed by atoms with E-state index in [1.165, 1.54) is 37.6 Å². The summed E-state index contributed by atoms with van der Waals surface area (Å²) in [7, 11) is 0. The highest BCUT2D eigenvalue weighted by Crippen LogP contribution is 2.33. The second kappa shape index (κ2) is 9.28. The second-order valence-electron chi connectivity index (χ2n) is 9.08. The van der Waals surface area contributed by atoms with Gasteiger partial charge in [0.2, 0.25) is 11.8 Å². The van der Waals surface area contributed by atoms with Crippen LogP contribution in [0.1, 0.15) is 28.5 Å². The highest BCUT2D eigenvalue weighted by atomic mass is 32.1. The molecule has 0 bridgehead atoms. The van der Waals surface area contributed by atoms with Crippen molar-refractivity contribution in [1.29, 1.82) is 0 Å². The molecule has 0 spiro atoms. The van der Waals surface area contributed by atoms with Crippen LogP contribution in [-0.4, -0.2) is 58.7 Å². The van der Waals surface area contributed by atoms with Crippen molar-refractivity contribution in [2.75, 3.05) is 26.2 Å². The quantitative estimate of drug-likeness (QED) is 0.516. The van der Waals surface area contributed by atoms with Crippen molar-refractivity contribution < 1.29 is 22.8 Å². The molecule has 0 saturated carbocycles. The molecule has 35 heavy (non-hydrogen) atoms.